The van der Waals surface area contributed by atoms with Gasteiger partial charge in [-0.25, -0.2) is 8.42 Å². The van der Waals surface area contributed by atoms with Gasteiger partial charge in [-0.2, -0.15) is 0 Å². The van der Waals surface area contributed by atoms with Crippen molar-refractivity contribution in [3.63, 3.8) is 0 Å². The molecule has 0 bridgehead atoms. The molecule has 1 fully saturated rings. The first-order valence-electron chi connectivity index (χ1n) is 6.69. The minimum Gasteiger partial charge on any atom is -0.493 e. The van der Waals surface area contributed by atoms with Crippen molar-refractivity contribution in [3.8, 4) is 11.5 Å². The van der Waals surface area contributed by atoms with Gasteiger partial charge in [0, 0.05) is 35.3 Å². The van der Waals surface area contributed by atoms with Crippen molar-refractivity contribution in [2.45, 2.75) is 18.6 Å². The Hall–Kier alpha value is -1.80. The maximum Gasteiger partial charge on any atom is 0.237 e. The lowest BCUT2D eigenvalue weighted by Gasteiger charge is -2.21. The largest absolute Gasteiger partial charge is 0.493 e. The van der Waals surface area contributed by atoms with Gasteiger partial charge in [0.1, 0.15) is 5.25 Å². The summed E-state index contributed by atoms with van der Waals surface area (Å²) < 4.78 is 33.3. The summed E-state index contributed by atoms with van der Waals surface area (Å²) >= 11 is 0. The maximum atomic E-state index is 12.2. The Balaban J connectivity index is 2.54. The third-order valence-electron chi connectivity index (χ3n) is 3.66. The summed E-state index contributed by atoms with van der Waals surface area (Å²) in [6.07, 6.45) is -0.225. The lowest BCUT2D eigenvalue weighted by molar-refractivity contribution is -0.117. The van der Waals surface area contributed by atoms with Crippen LogP contribution in [0.4, 0.5) is 5.69 Å². The van der Waals surface area contributed by atoms with Crippen LogP contribution in [-0.2, 0) is 13.8 Å². The lowest BCUT2D eigenvalue weighted by atomic mass is 10.1. The van der Waals surface area contributed by atoms with Crippen LogP contribution in [0.2, 0.25) is 0 Å². The molecular weight excluding hydrogens is 346 g/mol. The van der Waals surface area contributed by atoms with Gasteiger partial charge in [-0.05, 0) is 13.0 Å². The first kappa shape index (κ1) is 17.6. The van der Waals surface area contributed by atoms with E-state index in [9.17, 15) is 18.0 Å². The molecule has 1 amide bonds. The molecule has 1 atom stereocenters. The molecule has 9 heteroatoms. The van der Waals surface area contributed by atoms with Crippen LogP contribution in [0.25, 0.3) is 0 Å². The number of carbonyl (C=O) groups is 2. The van der Waals surface area contributed by atoms with Crippen molar-refractivity contribution in [1.29, 1.82) is 0 Å². The second kappa shape index (κ2) is 6.37. The highest BCUT2D eigenvalue weighted by Crippen LogP contribution is 2.37. The molecule has 1 aliphatic heterocycles. The van der Waals surface area contributed by atoms with E-state index in [1.54, 1.807) is 0 Å². The quantitative estimate of drug-likeness (QED) is 0.584. The van der Waals surface area contributed by atoms with Gasteiger partial charge >= 0.3 is 0 Å². The summed E-state index contributed by atoms with van der Waals surface area (Å²) in [6, 6.07) is 2.95. The van der Waals surface area contributed by atoms with Crippen molar-refractivity contribution in [3.05, 3.63) is 17.7 Å². The number of ketones is 1. The summed E-state index contributed by atoms with van der Waals surface area (Å²) in [5.74, 6) is -0.0352. The number of hydrogen-bond acceptors (Lipinski definition) is 6. The zero-order chi connectivity index (χ0) is 17.4. The van der Waals surface area contributed by atoms with Gasteiger partial charge in [-0.1, -0.05) is 0 Å². The number of benzene rings is 1. The monoisotopic (exact) mass is 361 g/mol. The highest BCUT2D eigenvalue weighted by atomic mass is 35.7. The van der Waals surface area contributed by atoms with Crippen molar-refractivity contribution in [2.24, 2.45) is 0 Å². The Morgan fingerprint density at radius 3 is 2.26 bits per heavy atom. The van der Waals surface area contributed by atoms with Crippen molar-refractivity contribution in [2.75, 3.05) is 25.7 Å². The molecule has 0 radical (unpaired) electrons. The SMILES string of the molecule is COc1cc(C(C)=O)c(N2CC(S(=O)(=O)Cl)CC2=O)cc1OC. The van der Waals surface area contributed by atoms with E-state index in [1.165, 1.54) is 38.2 Å². The van der Waals surface area contributed by atoms with E-state index < -0.39 is 20.2 Å². The molecule has 1 aliphatic rings. The van der Waals surface area contributed by atoms with Gasteiger partial charge in [0.15, 0.2) is 17.3 Å². The average Bonchev–Trinajstić information content (AvgIpc) is 2.87. The second-order valence-electron chi connectivity index (χ2n) is 5.09. The van der Waals surface area contributed by atoms with Crippen molar-refractivity contribution >= 4 is 37.1 Å². The molecule has 126 valence electrons. The number of methoxy groups -OCH3 is 2. The second-order valence-corrected chi connectivity index (χ2v) is 7.99. The van der Waals surface area contributed by atoms with Gasteiger partial charge in [-0.15, -0.1) is 0 Å². The maximum absolute atomic E-state index is 12.2. The molecule has 23 heavy (non-hydrogen) atoms. The van der Waals surface area contributed by atoms with Crippen LogP contribution >= 0.6 is 10.7 Å². The smallest absolute Gasteiger partial charge is 0.237 e. The van der Waals surface area contributed by atoms with E-state index in [0.29, 0.717) is 11.5 Å². The van der Waals surface area contributed by atoms with Gasteiger partial charge in [0.2, 0.25) is 15.0 Å². The molecule has 1 saturated heterocycles. The molecule has 0 aromatic heterocycles. The average molecular weight is 362 g/mol. The van der Waals surface area contributed by atoms with Gasteiger partial charge in [0.05, 0.1) is 19.9 Å². The van der Waals surface area contributed by atoms with Gasteiger partial charge in [-0.3, -0.25) is 9.59 Å². The van der Waals surface area contributed by atoms with Gasteiger partial charge < -0.3 is 14.4 Å². The number of halogens is 1. The number of anilines is 1. The Bertz CT molecular complexity index is 761. The zero-order valence-corrected chi connectivity index (χ0v) is 14.4. The van der Waals surface area contributed by atoms with Crippen LogP contribution in [0.5, 0.6) is 11.5 Å². The lowest BCUT2D eigenvalue weighted by Crippen LogP contribution is -2.28. The zero-order valence-electron chi connectivity index (χ0n) is 12.8. The summed E-state index contributed by atoms with van der Waals surface area (Å²) in [5, 5.41) is -1.01. The van der Waals surface area contributed by atoms with E-state index in [1.807, 2.05) is 0 Å². The van der Waals surface area contributed by atoms with Crippen molar-refractivity contribution in [1.82, 2.24) is 0 Å². The number of carbonyl (C=O) groups excluding carboxylic acids is 2. The Morgan fingerprint density at radius 1 is 1.26 bits per heavy atom. The van der Waals surface area contributed by atoms with Crippen LogP contribution in [0, 0.1) is 0 Å². The van der Waals surface area contributed by atoms with E-state index in [-0.39, 0.29) is 30.0 Å². The Labute approximate surface area is 138 Å². The number of Topliss-reactive ketones (excluding diaryl/α,β-unsaturated/α-hetero) is 1. The van der Waals surface area contributed by atoms with Crippen LogP contribution in [0.1, 0.15) is 23.7 Å². The molecule has 0 spiro atoms. The molecule has 0 N–H and O–H groups in total. The predicted molar refractivity (Wildman–Crippen MR) is 85.1 cm³/mol. The number of rotatable bonds is 5. The van der Waals surface area contributed by atoms with Gasteiger partial charge in [0.25, 0.3) is 0 Å². The minimum absolute atomic E-state index is 0.111. The fourth-order valence-corrected chi connectivity index (χ4v) is 3.50. The minimum atomic E-state index is -3.87. The van der Waals surface area contributed by atoms with E-state index >= 15 is 0 Å². The summed E-state index contributed by atoms with van der Waals surface area (Å²) in [6.45, 7) is 1.24. The van der Waals surface area contributed by atoms with Crippen LogP contribution in [-0.4, -0.2) is 46.1 Å². The fourth-order valence-electron chi connectivity index (χ4n) is 2.47. The fraction of sp³-hybridized carbons (Fsp3) is 0.429. The molecular formula is C14H16ClNO6S. The topological polar surface area (TPSA) is 90.0 Å². The predicted octanol–water partition coefficient (Wildman–Crippen LogP) is 1.58. The molecule has 1 aromatic carbocycles. The molecule has 0 saturated carbocycles. The van der Waals surface area contributed by atoms with E-state index in [2.05, 4.69) is 0 Å². The van der Waals surface area contributed by atoms with Crippen LogP contribution in [0.15, 0.2) is 12.1 Å². The van der Waals surface area contributed by atoms with E-state index in [0.717, 1.165) is 0 Å². The Kier molecular flexibility index (Phi) is 4.86. The molecule has 2 rings (SSSR count). The third-order valence-corrected chi connectivity index (χ3v) is 5.53. The number of nitrogens with zero attached hydrogens (tertiary/aromatic N) is 1. The summed E-state index contributed by atoms with van der Waals surface area (Å²) in [7, 11) is 4.33. The molecule has 7 nitrogen and oxygen atoms in total. The number of amides is 1. The third kappa shape index (κ3) is 3.42. The number of ether oxygens (including phenoxy) is 2. The summed E-state index contributed by atoms with van der Waals surface area (Å²) in [4.78, 5) is 25.3. The molecule has 0 aliphatic carbocycles. The van der Waals surface area contributed by atoms with Crippen LogP contribution in [0.3, 0.4) is 0 Å². The standard InChI is InChI=1S/C14H16ClNO6S/c1-8(17)10-5-12(21-2)13(22-3)6-11(10)16-7-9(4-14(16)18)23(15,19)20/h5-6,9H,4,7H2,1-3H3. The van der Waals surface area contributed by atoms with Crippen molar-refractivity contribution < 1.29 is 27.5 Å². The van der Waals surface area contributed by atoms with E-state index in [4.69, 9.17) is 20.2 Å². The molecule has 1 heterocycles. The first-order chi connectivity index (χ1) is 10.7. The van der Waals surface area contributed by atoms with Crippen LogP contribution < -0.4 is 14.4 Å². The highest BCUT2D eigenvalue weighted by molar-refractivity contribution is 8.14. The number of hydrogen-bond donors (Lipinski definition) is 0. The molecule has 1 unspecified atom stereocenters. The Morgan fingerprint density at radius 2 is 1.83 bits per heavy atom. The molecule has 1 aromatic rings. The normalized spacial score (nSPS) is 18.2. The summed E-state index contributed by atoms with van der Waals surface area (Å²) in [5.41, 5.74) is 0.520. The highest BCUT2D eigenvalue weighted by Gasteiger charge is 2.39. The first-order valence-corrected chi connectivity index (χ1v) is 9.07.